The van der Waals surface area contributed by atoms with Crippen LogP contribution < -0.4 is 5.32 Å². The molecule has 0 saturated heterocycles. The molecule has 0 aliphatic carbocycles. The van der Waals surface area contributed by atoms with Gasteiger partial charge < -0.3 is 10.1 Å². The van der Waals surface area contributed by atoms with E-state index in [-0.39, 0.29) is 11.3 Å². The first-order chi connectivity index (χ1) is 9.43. The van der Waals surface area contributed by atoms with Gasteiger partial charge in [0.25, 0.3) is 0 Å². The zero-order chi connectivity index (χ0) is 15.0. The van der Waals surface area contributed by atoms with Crippen molar-refractivity contribution in [2.45, 2.75) is 45.4 Å². The van der Waals surface area contributed by atoms with E-state index in [4.69, 9.17) is 4.74 Å². The summed E-state index contributed by atoms with van der Waals surface area (Å²) in [5, 5.41) is 2.83. The van der Waals surface area contributed by atoms with Gasteiger partial charge in [-0.25, -0.2) is 0 Å². The van der Waals surface area contributed by atoms with Gasteiger partial charge in [-0.05, 0) is 29.4 Å². The predicted molar refractivity (Wildman–Crippen MR) is 83.0 cm³/mol. The van der Waals surface area contributed by atoms with Gasteiger partial charge in [0, 0.05) is 20.1 Å². The van der Waals surface area contributed by atoms with Gasteiger partial charge in [-0.2, -0.15) is 0 Å². The molecule has 0 fully saturated rings. The molecule has 1 rings (SSSR count). The van der Waals surface area contributed by atoms with Crippen molar-refractivity contribution >= 4 is 5.91 Å². The average Bonchev–Trinajstić information content (AvgIpc) is 2.38. The van der Waals surface area contributed by atoms with E-state index in [2.05, 4.69) is 50.4 Å². The number of nitrogens with one attached hydrogen (secondary N) is 1. The van der Waals surface area contributed by atoms with Crippen LogP contribution in [0.3, 0.4) is 0 Å². The van der Waals surface area contributed by atoms with Crippen molar-refractivity contribution in [3.63, 3.8) is 0 Å². The van der Waals surface area contributed by atoms with Crippen LogP contribution in [-0.2, 0) is 21.4 Å². The maximum absolute atomic E-state index is 11.5. The Hall–Kier alpha value is -1.35. The van der Waals surface area contributed by atoms with Crippen LogP contribution in [0.15, 0.2) is 24.3 Å². The molecule has 3 heteroatoms. The molecular weight excluding hydrogens is 250 g/mol. The van der Waals surface area contributed by atoms with Crippen molar-refractivity contribution in [1.29, 1.82) is 0 Å². The summed E-state index contributed by atoms with van der Waals surface area (Å²) in [6.07, 6.45) is 2.40. The lowest BCUT2D eigenvalue weighted by Gasteiger charge is -2.19. The van der Waals surface area contributed by atoms with Crippen molar-refractivity contribution in [1.82, 2.24) is 5.32 Å². The van der Waals surface area contributed by atoms with Gasteiger partial charge in [0.1, 0.15) is 0 Å². The monoisotopic (exact) mass is 277 g/mol. The minimum Gasteiger partial charge on any atom is -0.383 e. The number of aryl methyl sites for hydroxylation is 1. The maximum atomic E-state index is 11.5. The molecule has 0 bridgehead atoms. The second-order valence-corrected chi connectivity index (χ2v) is 6.14. The smallest absolute Gasteiger partial charge is 0.220 e. The second-order valence-electron chi connectivity index (χ2n) is 6.14. The first-order valence-corrected chi connectivity index (χ1v) is 7.28. The highest BCUT2D eigenvalue weighted by molar-refractivity contribution is 5.75. The molecule has 112 valence electrons. The highest BCUT2D eigenvalue weighted by Crippen LogP contribution is 2.22. The summed E-state index contributed by atoms with van der Waals surface area (Å²) < 4.78 is 4.89. The zero-order valence-corrected chi connectivity index (χ0v) is 13.2. The Kier molecular flexibility index (Phi) is 6.73. The third-order valence-electron chi connectivity index (χ3n) is 3.32. The second kappa shape index (κ2) is 8.05. The maximum Gasteiger partial charge on any atom is 0.220 e. The van der Waals surface area contributed by atoms with E-state index in [0.29, 0.717) is 19.6 Å². The van der Waals surface area contributed by atoms with Crippen molar-refractivity contribution in [2.75, 3.05) is 20.3 Å². The fraction of sp³-hybridized carbons (Fsp3) is 0.588. The van der Waals surface area contributed by atoms with Gasteiger partial charge in [-0.3, -0.25) is 4.79 Å². The van der Waals surface area contributed by atoms with E-state index >= 15 is 0 Å². The predicted octanol–water partition coefficient (Wildman–Crippen LogP) is 3.07. The van der Waals surface area contributed by atoms with E-state index in [9.17, 15) is 4.79 Å². The Morgan fingerprint density at radius 3 is 2.40 bits per heavy atom. The van der Waals surface area contributed by atoms with Crippen LogP contribution in [0.5, 0.6) is 0 Å². The lowest BCUT2D eigenvalue weighted by Crippen LogP contribution is -2.26. The number of carbonyl (C=O) groups is 1. The molecule has 0 heterocycles. The molecule has 0 atom stereocenters. The Morgan fingerprint density at radius 1 is 1.20 bits per heavy atom. The number of hydrogen-bond donors (Lipinski definition) is 1. The Labute approximate surface area is 122 Å². The number of ether oxygens (including phenoxy) is 1. The Balaban J connectivity index is 2.30. The van der Waals surface area contributed by atoms with E-state index in [1.54, 1.807) is 7.11 Å². The normalized spacial score (nSPS) is 11.4. The van der Waals surface area contributed by atoms with Crippen molar-refractivity contribution < 1.29 is 9.53 Å². The van der Waals surface area contributed by atoms with Crippen LogP contribution in [0.1, 0.15) is 44.7 Å². The van der Waals surface area contributed by atoms with Crippen LogP contribution in [-0.4, -0.2) is 26.2 Å². The zero-order valence-electron chi connectivity index (χ0n) is 13.2. The minimum atomic E-state index is 0.105. The molecular formula is C17H27NO2. The molecule has 1 N–H and O–H groups in total. The quantitative estimate of drug-likeness (QED) is 0.778. The Morgan fingerprint density at radius 2 is 1.85 bits per heavy atom. The molecule has 3 nitrogen and oxygen atoms in total. The molecule has 0 saturated carbocycles. The number of methoxy groups -OCH3 is 1. The first kappa shape index (κ1) is 16.7. The molecule has 0 aliphatic heterocycles. The summed E-state index contributed by atoms with van der Waals surface area (Å²) in [5.74, 6) is 0.105. The molecule has 0 radical (unpaired) electrons. The summed E-state index contributed by atoms with van der Waals surface area (Å²) in [6.45, 7) is 7.81. The summed E-state index contributed by atoms with van der Waals surface area (Å²) >= 11 is 0. The van der Waals surface area contributed by atoms with Crippen molar-refractivity contribution in [3.05, 3.63) is 35.4 Å². The number of rotatable bonds is 7. The lowest BCUT2D eigenvalue weighted by molar-refractivity contribution is -0.121. The SMILES string of the molecule is COCCNC(=O)CCCc1ccc(C(C)(C)C)cc1. The molecule has 0 spiro atoms. The van der Waals surface area contributed by atoms with Crippen molar-refractivity contribution in [2.24, 2.45) is 0 Å². The van der Waals surface area contributed by atoms with Gasteiger partial charge in [0.15, 0.2) is 0 Å². The summed E-state index contributed by atoms with van der Waals surface area (Å²) in [6, 6.07) is 8.72. The molecule has 0 aliphatic rings. The topological polar surface area (TPSA) is 38.3 Å². The fourth-order valence-electron chi connectivity index (χ4n) is 2.01. The van der Waals surface area contributed by atoms with Crippen molar-refractivity contribution in [3.8, 4) is 0 Å². The van der Waals surface area contributed by atoms with Crippen LogP contribution in [0.25, 0.3) is 0 Å². The van der Waals surface area contributed by atoms with Crippen LogP contribution in [0, 0.1) is 0 Å². The van der Waals surface area contributed by atoms with E-state index in [1.807, 2.05) is 0 Å². The number of benzene rings is 1. The average molecular weight is 277 g/mol. The largest absolute Gasteiger partial charge is 0.383 e. The molecule has 1 aromatic rings. The third kappa shape index (κ3) is 6.20. The summed E-state index contributed by atoms with van der Waals surface area (Å²) in [5.41, 5.74) is 2.83. The van der Waals surface area contributed by atoms with Crippen LogP contribution >= 0.6 is 0 Å². The van der Waals surface area contributed by atoms with E-state index < -0.39 is 0 Å². The molecule has 1 amide bonds. The fourth-order valence-corrected chi connectivity index (χ4v) is 2.01. The van der Waals surface area contributed by atoms with Gasteiger partial charge >= 0.3 is 0 Å². The Bertz CT molecular complexity index is 404. The lowest BCUT2D eigenvalue weighted by atomic mass is 9.86. The first-order valence-electron chi connectivity index (χ1n) is 7.28. The number of amides is 1. The number of carbonyl (C=O) groups excluding carboxylic acids is 1. The van der Waals surface area contributed by atoms with Gasteiger partial charge in [-0.15, -0.1) is 0 Å². The van der Waals surface area contributed by atoms with E-state index in [0.717, 1.165) is 12.8 Å². The summed E-state index contributed by atoms with van der Waals surface area (Å²) in [7, 11) is 1.63. The van der Waals surface area contributed by atoms with E-state index in [1.165, 1.54) is 11.1 Å². The third-order valence-corrected chi connectivity index (χ3v) is 3.32. The minimum absolute atomic E-state index is 0.105. The standard InChI is InChI=1S/C17H27NO2/c1-17(2,3)15-10-8-14(9-11-15)6-5-7-16(19)18-12-13-20-4/h8-11H,5-7,12-13H2,1-4H3,(H,18,19). The van der Waals surface area contributed by atoms with Gasteiger partial charge in [-0.1, -0.05) is 45.0 Å². The highest BCUT2D eigenvalue weighted by Gasteiger charge is 2.12. The molecule has 1 aromatic carbocycles. The van der Waals surface area contributed by atoms with Gasteiger partial charge in [0.05, 0.1) is 6.61 Å². The van der Waals surface area contributed by atoms with Crippen LogP contribution in [0.2, 0.25) is 0 Å². The summed E-state index contributed by atoms with van der Waals surface area (Å²) in [4.78, 5) is 11.5. The molecule has 20 heavy (non-hydrogen) atoms. The highest BCUT2D eigenvalue weighted by atomic mass is 16.5. The number of hydrogen-bond acceptors (Lipinski definition) is 2. The molecule has 0 unspecified atom stereocenters. The van der Waals surface area contributed by atoms with Gasteiger partial charge in [0.2, 0.25) is 5.91 Å². The van der Waals surface area contributed by atoms with Crippen LogP contribution in [0.4, 0.5) is 0 Å². The molecule has 0 aromatic heterocycles.